The zero-order valence-electron chi connectivity index (χ0n) is 16.7. The molecular formula is C25H20ClN3O. The van der Waals surface area contributed by atoms with E-state index in [0.717, 1.165) is 55.4 Å². The Morgan fingerprint density at radius 2 is 1.77 bits per heavy atom. The minimum Gasteiger partial charge on any atom is -0.497 e. The molecule has 0 aliphatic heterocycles. The minimum atomic E-state index is 0.720. The minimum absolute atomic E-state index is 0.720. The standard InChI is InChI=1S/C25H20ClN3O/c1-16-7-10-18(13-22(16)26)29-25(17-8-11-19(30-2)12-9-17)14-24(28-29)21-15-27-23-6-4-3-5-20(21)23/h3-15,27H,1-2H3. The number of halogens is 1. The second-order valence-electron chi connectivity index (χ2n) is 7.24. The van der Waals surface area contributed by atoms with Crippen LogP contribution in [0.5, 0.6) is 5.75 Å². The second-order valence-corrected chi connectivity index (χ2v) is 7.64. The van der Waals surface area contributed by atoms with Gasteiger partial charge in [0.2, 0.25) is 0 Å². The van der Waals surface area contributed by atoms with Crippen LogP contribution >= 0.6 is 11.6 Å². The molecule has 30 heavy (non-hydrogen) atoms. The average molecular weight is 414 g/mol. The number of aromatic nitrogens is 3. The van der Waals surface area contributed by atoms with Gasteiger partial charge >= 0.3 is 0 Å². The van der Waals surface area contributed by atoms with Gasteiger partial charge in [0.15, 0.2) is 0 Å². The number of nitrogens with one attached hydrogen (secondary N) is 1. The van der Waals surface area contributed by atoms with Gasteiger partial charge in [0, 0.05) is 33.2 Å². The number of para-hydroxylation sites is 1. The maximum Gasteiger partial charge on any atom is 0.118 e. The number of H-pyrrole nitrogens is 1. The highest BCUT2D eigenvalue weighted by Crippen LogP contribution is 2.34. The molecule has 5 aromatic rings. The maximum atomic E-state index is 6.42. The first kappa shape index (κ1) is 18.5. The van der Waals surface area contributed by atoms with Crippen molar-refractivity contribution in [2.75, 3.05) is 7.11 Å². The normalized spacial score (nSPS) is 11.2. The molecule has 4 nitrogen and oxygen atoms in total. The quantitative estimate of drug-likeness (QED) is 0.358. The first-order valence-corrected chi connectivity index (χ1v) is 10.1. The molecule has 2 heterocycles. The van der Waals surface area contributed by atoms with Crippen LogP contribution in [0.2, 0.25) is 5.02 Å². The predicted octanol–water partition coefficient (Wildman–Crippen LogP) is 6.66. The topological polar surface area (TPSA) is 42.8 Å². The van der Waals surface area contributed by atoms with Crippen LogP contribution in [0, 0.1) is 6.92 Å². The second kappa shape index (κ2) is 7.39. The van der Waals surface area contributed by atoms with E-state index in [1.807, 2.05) is 72.4 Å². The van der Waals surface area contributed by atoms with E-state index in [1.54, 1.807) is 7.11 Å². The van der Waals surface area contributed by atoms with Gasteiger partial charge in [-0.05, 0) is 61.0 Å². The van der Waals surface area contributed by atoms with E-state index in [0.29, 0.717) is 0 Å². The van der Waals surface area contributed by atoms with Crippen molar-refractivity contribution in [1.29, 1.82) is 0 Å². The summed E-state index contributed by atoms with van der Waals surface area (Å²) in [5.41, 5.74) is 7.04. The highest BCUT2D eigenvalue weighted by Gasteiger charge is 2.16. The van der Waals surface area contributed by atoms with E-state index >= 15 is 0 Å². The van der Waals surface area contributed by atoms with Gasteiger partial charge in [-0.15, -0.1) is 0 Å². The van der Waals surface area contributed by atoms with Crippen molar-refractivity contribution < 1.29 is 4.74 Å². The van der Waals surface area contributed by atoms with E-state index in [9.17, 15) is 0 Å². The number of aromatic amines is 1. The molecule has 0 atom stereocenters. The van der Waals surface area contributed by atoms with Crippen LogP contribution in [-0.4, -0.2) is 21.9 Å². The highest BCUT2D eigenvalue weighted by atomic mass is 35.5. The van der Waals surface area contributed by atoms with Gasteiger partial charge in [-0.25, -0.2) is 4.68 Å². The number of fused-ring (bicyclic) bond motifs is 1. The molecule has 5 rings (SSSR count). The van der Waals surface area contributed by atoms with E-state index < -0.39 is 0 Å². The molecule has 0 aliphatic rings. The largest absolute Gasteiger partial charge is 0.497 e. The Morgan fingerprint density at radius 1 is 0.967 bits per heavy atom. The molecule has 0 spiro atoms. The van der Waals surface area contributed by atoms with Gasteiger partial charge in [-0.3, -0.25) is 0 Å². The molecule has 0 radical (unpaired) electrons. The van der Waals surface area contributed by atoms with Crippen LogP contribution in [0.25, 0.3) is 39.1 Å². The van der Waals surface area contributed by atoms with E-state index in [2.05, 4.69) is 23.2 Å². The summed E-state index contributed by atoms with van der Waals surface area (Å²) in [5, 5.41) is 6.83. The van der Waals surface area contributed by atoms with Crippen molar-refractivity contribution >= 4 is 22.5 Å². The lowest BCUT2D eigenvalue weighted by atomic mass is 10.1. The molecule has 0 saturated heterocycles. The number of hydrogen-bond acceptors (Lipinski definition) is 2. The van der Waals surface area contributed by atoms with Crippen molar-refractivity contribution in [3.05, 3.63) is 89.6 Å². The van der Waals surface area contributed by atoms with Crippen LogP contribution in [0.4, 0.5) is 0 Å². The molecular weight excluding hydrogens is 394 g/mol. The summed E-state index contributed by atoms with van der Waals surface area (Å²) in [5.74, 6) is 0.819. The van der Waals surface area contributed by atoms with E-state index in [-0.39, 0.29) is 0 Å². The first-order valence-electron chi connectivity index (χ1n) is 9.71. The zero-order valence-corrected chi connectivity index (χ0v) is 17.4. The molecule has 148 valence electrons. The van der Waals surface area contributed by atoms with Gasteiger partial charge in [0.1, 0.15) is 5.75 Å². The first-order chi connectivity index (χ1) is 14.6. The van der Waals surface area contributed by atoms with Gasteiger partial charge in [0.05, 0.1) is 24.2 Å². The molecule has 0 fully saturated rings. The lowest BCUT2D eigenvalue weighted by Gasteiger charge is -2.09. The highest BCUT2D eigenvalue weighted by molar-refractivity contribution is 6.31. The Balaban J connectivity index is 1.72. The average Bonchev–Trinajstić information content (AvgIpc) is 3.40. The van der Waals surface area contributed by atoms with Crippen LogP contribution < -0.4 is 4.74 Å². The molecule has 2 aromatic heterocycles. The summed E-state index contributed by atoms with van der Waals surface area (Å²) in [6.07, 6.45) is 2.01. The maximum absolute atomic E-state index is 6.42. The summed E-state index contributed by atoms with van der Waals surface area (Å²) >= 11 is 6.42. The van der Waals surface area contributed by atoms with Crippen molar-refractivity contribution in [2.24, 2.45) is 0 Å². The fraction of sp³-hybridized carbons (Fsp3) is 0.0800. The number of benzene rings is 3. The summed E-state index contributed by atoms with van der Waals surface area (Å²) in [6.45, 7) is 2.00. The molecule has 0 unspecified atom stereocenters. The number of methoxy groups -OCH3 is 1. The van der Waals surface area contributed by atoms with Gasteiger partial charge in [-0.2, -0.15) is 5.10 Å². The number of nitrogens with zero attached hydrogens (tertiary/aromatic N) is 2. The molecule has 0 saturated carbocycles. The van der Waals surface area contributed by atoms with Gasteiger partial charge in [0.25, 0.3) is 0 Å². The summed E-state index contributed by atoms with van der Waals surface area (Å²) in [6, 6.07) is 24.4. The van der Waals surface area contributed by atoms with Crippen molar-refractivity contribution in [3.63, 3.8) is 0 Å². The van der Waals surface area contributed by atoms with Crippen LogP contribution in [0.15, 0.2) is 79.0 Å². The fourth-order valence-electron chi connectivity index (χ4n) is 3.67. The molecule has 3 aromatic carbocycles. The Morgan fingerprint density at radius 3 is 2.53 bits per heavy atom. The van der Waals surface area contributed by atoms with Gasteiger partial charge in [-0.1, -0.05) is 35.9 Å². The monoisotopic (exact) mass is 413 g/mol. The zero-order chi connectivity index (χ0) is 20.7. The van der Waals surface area contributed by atoms with Crippen LogP contribution in [-0.2, 0) is 0 Å². The van der Waals surface area contributed by atoms with Gasteiger partial charge < -0.3 is 9.72 Å². The molecule has 0 bridgehead atoms. The smallest absolute Gasteiger partial charge is 0.118 e. The number of aryl methyl sites for hydroxylation is 1. The third-order valence-electron chi connectivity index (χ3n) is 5.36. The lowest BCUT2D eigenvalue weighted by molar-refractivity contribution is 0.415. The SMILES string of the molecule is COc1ccc(-c2cc(-c3c[nH]c4ccccc34)nn2-c2ccc(C)c(Cl)c2)cc1. The lowest BCUT2D eigenvalue weighted by Crippen LogP contribution is -1.99. The third-order valence-corrected chi connectivity index (χ3v) is 5.77. The van der Waals surface area contributed by atoms with Crippen molar-refractivity contribution in [3.8, 4) is 34.0 Å². The number of hydrogen-bond donors (Lipinski definition) is 1. The summed E-state index contributed by atoms with van der Waals surface area (Å²) in [4.78, 5) is 3.34. The Labute approximate surface area is 179 Å². The fourth-order valence-corrected chi connectivity index (χ4v) is 3.85. The van der Waals surface area contributed by atoms with Crippen LogP contribution in [0.3, 0.4) is 0 Å². The van der Waals surface area contributed by atoms with E-state index in [1.165, 1.54) is 0 Å². The number of rotatable bonds is 4. The molecule has 1 N–H and O–H groups in total. The Bertz CT molecular complexity index is 1350. The Hall–Kier alpha value is -3.50. The van der Waals surface area contributed by atoms with Crippen LogP contribution in [0.1, 0.15) is 5.56 Å². The third kappa shape index (κ3) is 3.15. The number of ether oxygens (including phenoxy) is 1. The molecule has 5 heteroatoms. The molecule has 0 amide bonds. The summed E-state index contributed by atoms with van der Waals surface area (Å²) < 4.78 is 7.27. The van der Waals surface area contributed by atoms with Crippen molar-refractivity contribution in [1.82, 2.24) is 14.8 Å². The predicted molar refractivity (Wildman–Crippen MR) is 123 cm³/mol. The summed E-state index contributed by atoms with van der Waals surface area (Å²) in [7, 11) is 1.67. The van der Waals surface area contributed by atoms with E-state index in [4.69, 9.17) is 21.4 Å². The van der Waals surface area contributed by atoms with Crippen molar-refractivity contribution in [2.45, 2.75) is 6.92 Å². The Kier molecular flexibility index (Phi) is 4.57. The molecule has 0 aliphatic carbocycles.